The maximum atomic E-state index is 10.8. The number of nitro groups is 1. The van der Waals surface area contributed by atoms with E-state index in [4.69, 9.17) is 5.21 Å². The summed E-state index contributed by atoms with van der Waals surface area (Å²) in [6.45, 7) is 6.28. The van der Waals surface area contributed by atoms with Gasteiger partial charge in [0.1, 0.15) is 5.71 Å². The lowest BCUT2D eigenvalue weighted by Crippen LogP contribution is -2.40. The summed E-state index contributed by atoms with van der Waals surface area (Å²) in [4.78, 5) is 10.5. The van der Waals surface area contributed by atoms with E-state index in [-0.39, 0.29) is 10.3 Å². The third kappa shape index (κ3) is 2.67. The molecule has 0 bridgehead atoms. The summed E-state index contributed by atoms with van der Waals surface area (Å²) in [6.07, 6.45) is 1.88. The molecular formula is C10H18N2O3. The minimum absolute atomic E-state index is 0.0786. The number of nitrogens with zero attached hydrogens (tertiary/aromatic N) is 2. The van der Waals surface area contributed by atoms with Crippen molar-refractivity contribution >= 4 is 5.71 Å². The fourth-order valence-corrected chi connectivity index (χ4v) is 2.12. The standard InChI is InChI=1S/C10H18N2O3/c1-10(2,3)7-4-5-8(11-13)9(6-7)12(14)15/h7,9,13H,4-6H2,1-3H3/b11-8+. The van der Waals surface area contributed by atoms with Gasteiger partial charge in [0.05, 0.1) is 0 Å². The van der Waals surface area contributed by atoms with Crippen molar-refractivity contribution < 1.29 is 10.1 Å². The SMILES string of the molecule is CC(C)(C)C1CC/C(=N\O)C([N+](=O)[O-])C1. The monoisotopic (exact) mass is 214 g/mol. The lowest BCUT2D eigenvalue weighted by atomic mass is 9.70. The van der Waals surface area contributed by atoms with Gasteiger partial charge in [-0.15, -0.1) is 0 Å². The average molecular weight is 214 g/mol. The highest BCUT2D eigenvalue weighted by Crippen LogP contribution is 2.37. The Balaban J connectivity index is 2.80. The molecule has 2 atom stereocenters. The summed E-state index contributed by atoms with van der Waals surface area (Å²) in [5, 5.41) is 22.5. The predicted octanol–water partition coefficient (Wildman–Crippen LogP) is 2.31. The Morgan fingerprint density at radius 3 is 2.53 bits per heavy atom. The van der Waals surface area contributed by atoms with Gasteiger partial charge in [-0.1, -0.05) is 25.9 Å². The molecule has 0 aromatic heterocycles. The second-order valence-electron chi connectivity index (χ2n) is 5.23. The number of hydrogen-bond acceptors (Lipinski definition) is 4. The van der Waals surface area contributed by atoms with Crippen molar-refractivity contribution in [2.75, 3.05) is 0 Å². The Kier molecular flexibility index (Phi) is 3.31. The fourth-order valence-electron chi connectivity index (χ4n) is 2.12. The quantitative estimate of drug-likeness (QED) is 0.413. The van der Waals surface area contributed by atoms with E-state index >= 15 is 0 Å². The second-order valence-corrected chi connectivity index (χ2v) is 5.23. The lowest BCUT2D eigenvalue weighted by molar-refractivity contribution is -0.507. The van der Waals surface area contributed by atoms with Crippen LogP contribution in [0.4, 0.5) is 0 Å². The van der Waals surface area contributed by atoms with Gasteiger partial charge in [-0.25, -0.2) is 0 Å². The largest absolute Gasteiger partial charge is 0.411 e. The van der Waals surface area contributed by atoms with Gasteiger partial charge in [-0.05, 0) is 24.2 Å². The molecule has 0 spiro atoms. The highest BCUT2D eigenvalue weighted by Gasteiger charge is 2.40. The molecule has 1 fully saturated rings. The summed E-state index contributed by atoms with van der Waals surface area (Å²) < 4.78 is 0. The first-order valence-electron chi connectivity index (χ1n) is 5.20. The van der Waals surface area contributed by atoms with E-state index in [9.17, 15) is 10.1 Å². The van der Waals surface area contributed by atoms with Crippen molar-refractivity contribution in [1.29, 1.82) is 0 Å². The smallest absolute Gasteiger partial charge is 0.254 e. The Labute approximate surface area is 89.3 Å². The van der Waals surface area contributed by atoms with Crippen LogP contribution in [-0.4, -0.2) is 21.9 Å². The summed E-state index contributed by atoms with van der Waals surface area (Å²) in [7, 11) is 0. The molecule has 0 amide bonds. The van der Waals surface area contributed by atoms with Gasteiger partial charge < -0.3 is 5.21 Å². The van der Waals surface area contributed by atoms with Crippen LogP contribution in [0.5, 0.6) is 0 Å². The normalized spacial score (nSPS) is 30.5. The molecule has 1 N–H and O–H groups in total. The van der Waals surface area contributed by atoms with E-state index < -0.39 is 6.04 Å². The van der Waals surface area contributed by atoms with Gasteiger partial charge in [-0.3, -0.25) is 10.1 Å². The summed E-state index contributed by atoms with van der Waals surface area (Å²) in [5.74, 6) is 0.318. The second kappa shape index (κ2) is 4.16. The van der Waals surface area contributed by atoms with E-state index in [0.29, 0.717) is 24.5 Å². The summed E-state index contributed by atoms with van der Waals surface area (Å²) >= 11 is 0. The van der Waals surface area contributed by atoms with E-state index in [2.05, 4.69) is 25.9 Å². The summed E-state index contributed by atoms with van der Waals surface area (Å²) in [6, 6.07) is -0.798. The van der Waals surface area contributed by atoms with E-state index in [1.165, 1.54) is 0 Å². The zero-order valence-corrected chi connectivity index (χ0v) is 9.43. The first kappa shape index (κ1) is 11.9. The molecule has 0 aromatic carbocycles. The van der Waals surface area contributed by atoms with Gasteiger partial charge in [0.15, 0.2) is 0 Å². The minimum Gasteiger partial charge on any atom is -0.411 e. The van der Waals surface area contributed by atoms with Gasteiger partial charge in [0, 0.05) is 11.3 Å². The van der Waals surface area contributed by atoms with Crippen LogP contribution >= 0.6 is 0 Å². The van der Waals surface area contributed by atoms with Crippen LogP contribution in [0.15, 0.2) is 5.16 Å². The van der Waals surface area contributed by atoms with Gasteiger partial charge in [0.25, 0.3) is 6.04 Å². The predicted molar refractivity (Wildman–Crippen MR) is 56.8 cm³/mol. The van der Waals surface area contributed by atoms with Crippen molar-refractivity contribution in [3.8, 4) is 0 Å². The highest BCUT2D eigenvalue weighted by atomic mass is 16.6. The molecule has 1 saturated carbocycles. The summed E-state index contributed by atoms with van der Waals surface area (Å²) in [5.41, 5.74) is 0.399. The molecule has 1 aliphatic carbocycles. The van der Waals surface area contributed by atoms with Crippen LogP contribution in [0.25, 0.3) is 0 Å². The first-order valence-corrected chi connectivity index (χ1v) is 5.20. The lowest BCUT2D eigenvalue weighted by Gasteiger charge is -2.34. The molecule has 0 radical (unpaired) electrons. The third-order valence-corrected chi connectivity index (χ3v) is 3.25. The molecule has 15 heavy (non-hydrogen) atoms. The first-order chi connectivity index (χ1) is 6.86. The average Bonchev–Trinajstić information content (AvgIpc) is 2.15. The Bertz CT molecular complexity index is 281. The molecular weight excluding hydrogens is 196 g/mol. The number of hydrogen-bond donors (Lipinski definition) is 1. The van der Waals surface area contributed by atoms with Crippen molar-refractivity contribution in [3.05, 3.63) is 10.1 Å². The zero-order chi connectivity index (χ0) is 11.6. The van der Waals surface area contributed by atoms with Crippen molar-refractivity contribution in [1.82, 2.24) is 0 Å². The van der Waals surface area contributed by atoms with Crippen LogP contribution in [-0.2, 0) is 0 Å². The molecule has 1 aliphatic rings. The fraction of sp³-hybridized carbons (Fsp3) is 0.900. The molecule has 1 rings (SSSR count). The van der Waals surface area contributed by atoms with E-state index in [1.54, 1.807) is 0 Å². The molecule has 0 aliphatic heterocycles. The van der Waals surface area contributed by atoms with Crippen molar-refractivity contribution in [3.63, 3.8) is 0 Å². The molecule has 0 aromatic rings. The zero-order valence-electron chi connectivity index (χ0n) is 9.43. The highest BCUT2D eigenvalue weighted by molar-refractivity contribution is 5.88. The van der Waals surface area contributed by atoms with E-state index in [1.807, 2.05) is 0 Å². The van der Waals surface area contributed by atoms with Gasteiger partial charge in [-0.2, -0.15) is 0 Å². The van der Waals surface area contributed by atoms with Crippen LogP contribution in [0.2, 0.25) is 0 Å². The maximum Gasteiger partial charge on any atom is 0.254 e. The molecule has 86 valence electrons. The van der Waals surface area contributed by atoms with Crippen LogP contribution in [0.1, 0.15) is 40.0 Å². The van der Waals surface area contributed by atoms with Crippen LogP contribution < -0.4 is 0 Å². The van der Waals surface area contributed by atoms with Gasteiger partial charge >= 0.3 is 0 Å². The molecule has 0 heterocycles. The molecule has 0 saturated heterocycles. The Morgan fingerprint density at radius 1 is 1.53 bits per heavy atom. The molecule has 2 unspecified atom stereocenters. The maximum absolute atomic E-state index is 10.8. The molecule has 5 nitrogen and oxygen atoms in total. The number of rotatable bonds is 1. The van der Waals surface area contributed by atoms with Crippen LogP contribution in [0.3, 0.4) is 0 Å². The van der Waals surface area contributed by atoms with E-state index in [0.717, 1.165) is 6.42 Å². The minimum atomic E-state index is -0.798. The Morgan fingerprint density at radius 2 is 2.13 bits per heavy atom. The van der Waals surface area contributed by atoms with Crippen molar-refractivity contribution in [2.45, 2.75) is 46.1 Å². The van der Waals surface area contributed by atoms with Crippen molar-refractivity contribution in [2.24, 2.45) is 16.5 Å². The molecule has 5 heteroatoms. The third-order valence-electron chi connectivity index (χ3n) is 3.25. The van der Waals surface area contributed by atoms with Gasteiger partial charge in [0.2, 0.25) is 0 Å². The Hall–Kier alpha value is -1.13. The number of oxime groups is 1. The topological polar surface area (TPSA) is 75.7 Å². The van der Waals surface area contributed by atoms with Crippen LogP contribution in [0, 0.1) is 21.4 Å².